The molecular formula is C24H35N3OS. The van der Waals surface area contributed by atoms with Crippen molar-refractivity contribution in [3.8, 4) is 0 Å². The van der Waals surface area contributed by atoms with Crippen LogP contribution in [0, 0.1) is 0 Å². The van der Waals surface area contributed by atoms with E-state index in [1.807, 2.05) is 12.1 Å². The van der Waals surface area contributed by atoms with Crippen LogP contribution in [0.25, 0.3) is 0 Å². The van der Waals surface area contributed by atoms with Gasteiger partial charge in [-0.05, 0) is 48.0 Å². The second-order valence-corrected chi connectivity index (χ2v) is 10.00. The summed E-state index contributed by atoms with van der Waals surface area (Å²) in [5, 5.41) is 5.41. The van der Waals surface area contributed by atoms with E-state index in [2.05, 4.69) is 79.4 Å². The highest BCUT2D eigenvalue weighted by molar-refractivity contribution is 7.10. The fraction of sp³-hybridized carbons (Fsp3) is 0.542. The maximum Gasteiger partial charge on any atom is 0.251 e. The summed E-state index contributed by atoms with van der Waals surface area (Å²) in [6, 6.07) is 12.6. The van der Waals surface area contributed by atoms with Gasteiger partial charge in [-0.1, -0.05) is 45.9 Å². The van der Waals surface area contributed by atoms with Crippen LogP contribution in [0.3, 0.4) is 0 Å². The van der Waals surface area contributed by atoms with Crippen LogP contribution >= 0.6 is 11.3 Å². The van der Waals surface area contributed by atoms with E-state index in [0.717, 1.165) is 38.3 Å². The molecule has 5 heteroatoms. The molecule has 1 aliphatic heterocycles. The van der Waals surface area contributed by atoms with Crippen molar-refractivity contribution in [3.63, 3.8) is 0 Å². The number of hydrogen-bond donors (Lipinski definition) is 1. The van der Waals surface area contributed by atoms with Gasteiger partial charge in [-0.3, -0.25) is 9.69 Å². The number of amides is 1. The van der Waals surface area contributed by atoms with E-state index in [1.54, 1.807) is 11.3 Å². The molecule has 2 atom stereocenters. The topological polar surface area (TPSA) is 35.6 Å². The minimum Gasteiger partial charge on any atom is -0.348 e. The first-order valence-electron chi connectivity index (χ1n) is 10.7. The summed E-state index contributed by atoms with van der Waals surface area (Å²) >= 11 is 1.78. The number of rotatable bonds is 6. The maximum absolute atomic E-state index is 12.9. The highest BCUT2D eigenvalue weighted by Gasteiger charge is 2.30. The summed E-state index contributed by atoms with van der Waals surface area (Å²) in [5.41, 5.74) is 2.06. The lowest BCUT2D eigenvalue weighted by molar-refractivity contribution is 0.0753. The Balaban J connectivity index is 1.71. The monoisotopic (exact) mass is 413 g/mol. The van der Waals surface area contributed by atoms with Crippen molar-refractivity contribution >= 4 is 17.2 Å². The molecule has 1 fully saturated rings. The van der Waals surface area contributed by atoms with E-state index in [9.17, 15) is 4.79 Å². The molecule has 3 rings (SSSR count). The van der Waals surface area contributed by atoms with Crippen LogP contribution in [-0.4, -0.2) is 54.5 Å². The van der Waals surface area contributed by atoms with Crippen molar-refractivity contribution in [3.05, 3.63) is 57.8 Å². The normalized spacial score (nSPS) is 18.4. The molecule has 0 radical (unpaired) electrons. The fourth-order valence-electron chi connectivity index (χ4n) is 4.05. The van der Waals surface area contributed by atoms with Crippen LogP contribution in [0.2, 0.25) is 0 Å². The zero-order valence-electron chi connectivity index (χ0n) is 18.4. The minimum absolute atomic E-state index is 0.00621. The molecule has 2 heterocycles. The van der Waals surface area contributed by atoms with Crippen LogP contribution in [0.4, 0.5) is 0 Å². The third-order valence-electron chi connectivity index (χ3n) is 5.93. The molecule has 2 unspecified atom stereocenters. The quantitative estimate of drug-likeness (QED) is 0.755. The fourth-order valence-corrected chi connectivity index (χ4v) is 5.01. The Morgan fingerprint density at radius 3 is 2.28 bits per heavy atom. The summed E-state index contributed by atoms with van der Waals surface area (Å²) in [6.07, 6.45) is 0. The van der Waals surface area contributed by atoms with Crippen molar-refractivity contribution in [2.75, 3.05) is 32.7 Å². The van der Waals surface area contributed by atoms with Gasteiger partial charge in [0.25, 0.3) is 5.91 Å². The largest absolute Gasteiger partial charge is 0.348 e. The lowest BCUT2D eigenvalue weighted by Gasteiger charge is -2.41. The first-order valence-corrected chi connectivity index (χ1v) is 11.6. The summed E-state index contributed by atoms with van der Waals surface area (Å²) in [6.45, 7) is 16.3. The molecule has 0 spiro atoms. The SMILES string of the molecule is CCN1CCN(C(c2cccs2)C(C)NC(=O)c2ccc(C(C)(C)C)cc2)CC1. The Labute approximate surface area is 179 Å². The number of piperazine rings is 1. The number of carbonyl (C=O) groups is 1. The first kappa shape index (κ1) is 22.0. The number of nitrogens with zero attached hydrogens (tertiary/aromatic N) is 2. The van der Waals surface area contributed by atoms with Crippen molar-refractivity contribution in [2.45, 2.75) is 52.1 Å². The van der Waals surface area contributed by atoms with Crippen molar-refractivity contribution in [1.29, 1.82) is 0 Å². The summed E-state index contributed by atoms with van der Waals surface area (Å²) in [7, 11) is 0. The van der Waals surface area contributed by atoms with Crippen LogP contribution in [0.15, 0.2) is 41.8 Å². The predicted octanol–water partition coefficient (Wildman–Crippen LogP) is 4.54. The van der Waals surface area contributed by atoms with Gasteiger partial charge in [-0.2, -0.15) is 0 Å². The van der Waals surface area contributed by atoms with Gasteiger partial charge in [0.15, 0.2) is 0 Å². The number of thiophene rings is 1. The average molecular weight is 414 g/mol. The molecule has 1 saturated heterocycles. The van der Waals surface area contributed by atoms with Gasteiger partial charge in [0.05, 0.1) is 6.04 Å². The van der Waals surface area contributed by atoms with Gasteiger partial charge in [-0.25, -0.2) is 0 Å². The Kier molecular flexibility index (Phi) is 7.14. The van der Waals surface area contributed by atoms with Gasteiger partial charge < -0.3 is 10.2 Å². The van der Waals surface area contributed by atoms with E-state index in [4.69, 9.17) is 0 Å². The molecule has 1 aliphatic rings. The Morgan fingerprint density at radius 1 is 1.10 bits per heavy atom. The van der Waals surface area contributed by atoms with E-state index in [-0.39, 0.29) is 23.4 Å². The zero-order chi connectivity index (χ0) is 21.0. The van der Waals surface area contributed by atoms with Gasteiger partial charge in [0.2, 0.25) is 0 Å². The molecular weight excluding hydrogens is 378 g/mol. The van der Waals surface area contributed by atoms with Crippen molar-refractivity contribution < 1.29 is 4.79 Å². The predicted molar refractivity (Wildman–Crippen MR) is 123 cm³/mol. The average Bonchev–Trinajstić information content (AvgIpc) is 3.22. The Morgan fingerprint density at radius 2 is 1.76 bits per heavy atom. The van der Waals surface area contributed by atoms with Crippen molar-refractivity contribution in [2.24, 2.45) is 0 Å². The Hall–Kier alpha value is -1.69. The highest BCUT2D eigenvalue weighted by atomic mass is 32.1. The van der Waals surface area contributed by atoms with E-state index >= 15 is 0 Å². The third-order valence-corrected chi connectivity index (χ3v) is 6.87. The van der Waals surface area contributed by atoms with E-state index in [0.29, 0.717) is 0 Å². The highest BCUT2D eigenvalue weighted by Crippen LogP contribution is 2.29. The molecule has 0 aliphatic carbocycles. The van der Waals surface area contributed by atoms with Gasteiger partial charge >= 0.3 is 0 Å². The number of hydrogen-bond acceptors (Lipinski definition) is 4. The van der Waals surface area contributed by atoms with Crippen LogP contribution in [0.5, 0.6) is 0 Å². The number of carbonyl (C=O) groups excluding carboxylic acids is 1. The summed E-state index contributed by atoms with van der Waals surface area (Å²) in [4.78, 5) is 19.3. The molecule has 158 valence electrons. The van der Waals surface area contributed by atoms with Crippen LogP contribution < -0.4 is 5.32 Å². The molecule has 1 N–H and O–H groups in total. The Bertz CT molecular complexity index is 771. The second kappa shape index (κ2) is 9.41. The third kappa shape index (κ3) is 5.47. The molecule has 1 aromatic carbocycles. The van der Waals surface area contributed by atoms with E-state index in [1.165, 1.54) is 10.4 Å². The molecule has 0 bridgehead atoms. The zero-order valence-corrected chi connectivity index (χ0v) is 19.3. The van der Waals surface area contributed by atoms with Gasteiger partial charge in [-0.15, -0.1) is 11.3 Å². The first-order chi connectivity index (χ1) is 13.8. The molecule has 0 saturated carbocycles. The van der Waals surface area contributed by atoms with Gasteiger partial charge in [0, 0.05) is 42.7 Å². The number of benzene rings is 1. The smallest absolute Gasteiger partial charge is 0.251 e. The molecule has 4 nitrogen and oxygen atoms in total. The second-order valence-electron chi connectivity index (χ2n) is 9.02. The molecule has 29 heavy (non-hydrogen) atoms. The lowest BCUT2D eigenvalue weighted by Crippen LogP contribution is -2.52. The molecule has 1 amide bonds. The van der Waals surface area contributed by atoms with Crippen LogP contribution in [-0.2, 0) is 5.41 Å². The summed E-state index contributed by atoms with van der Waals surface area (Å²) < 4.78 is 0. The van der Waals surface area contributed by atoms with Crippen LogP contribution in [0.1, 0.15) is 61.5 Å². The molecule has 1 aromatic heterocycles. The maximum atomic E-state index is 12.9. The number of likely N-dealkylation sites (N-methyl/N-ethyl adjacent to an activating group) is 1. The minimum atomic E-state index is 0.00621. The number of nitrogens with one attached hydrogen (secondary N) is 1. The summed E-state index contributed by atoms with van der Waals surface area (Å²) in [5.74, 6) is 0.00621. The van der Waals surface area contributed by atoms with Crippen molar-refractivity contribution in [1.82, 2.24) is 15.1 Å². The molecule has 2 aromatic rings. The van der Waals surface area contributed by atoms with E-state index < -0.39 is 0 Å². The lowest BCUT2D eigenvalue weighted by atomic mass is 9.86. The standard InChI is InChI=1S/C24H35N3OS/c1-6-26-13-15-27(16-14-26)22(21-8-7-17-29-21)18(2)25-23(28)19-9-11-20(12-10-19)24(3,4)5/h7-12,17-18,22H,6,13-16H2,1-5H3,(H,25,28). The van der Waals surface area contributed by atoms with Gasteiger partial charge in [0.1, 0.15) is 0 Å².